The summed E-state index contributed by atoms with van der Waals surface area (Å²) < 4.78 is 0. The lowest BCUT2D eigenvalue weighted by atomic mass is 10.1. The maximum Gasteiger partial charge on any atom is 0.0541 e. The third-order valence-electron chi connectivity index (χ3n) is 3.25. The van der Waals surface area contributed by atoms with Gasteiger partial charge in [-0.25, -0.2) is 0 Å². The first-order valence-corrected chi connectivity index (χ1v) is 6.16. The number of hydrogen-bond acceptors (Lipinski definition) is 3. The van der Waals surface area contributed by atoms with Crippen LogP contribution in [0.2, 0.25) is 0 Å². The minimum Gasteiger partial charge on any atom is -0.308 e. The normalized spacial score (nSPS) is 22.9. The Bertz CT molecular complexity index is 299. The van der Waals surface area contributed by atoms with Gasteiger partial charge >= 0.3 is 0 Å². The fourth-order valence-electron chi connectivity index (χ4n) is 2.20. The number of rotatable bonds is 3. The van der Waals surface area contributed by atoms with Gasteiger partial charge in [0.2, 0.25) is 0 Å². The molecule has 1 unspecified atom stereocenters. The molecule has 3 nitrogen and oxygen atoms in total. The predicted octanol–water partition coefficient (Wildman–Crippen LogP) is 1.66. The van der Waals surface area contributed by atoms with Gasteiger partial charge in [-0.15, -0.1) is 0 Å². The average molecular weight is 219 g/mol. The summed E-state index contributed by atoms with van der Waals surface area (Å²) in [5.41, 5.74) is 1.14. The summed E-state index contributed by atoms with van der Waals surface area (Å²) >= 11 is 0. The lowest BCUT2D eigenvalue weighted by Gasteiger charge is -2.16. The van der Waals surface area contributed by atoms with Crippen molar-refractivity contribution in [3.63, 3.8) is 0 Å². The molecular formula is C13H21N3. The van der Waals surface area contributed by atoms with Crippen molar-refractivity contribution in [3.05, 3.63) is 30.1 Å². The van der Waals surface area contributed by atoms with Crippen LogP contribution in [0.5, 0.6) is 0 Å². The topological polar surface area (TPSA) is 28.2 Å². The molecule has 1 aromatic heterocycles. The van der Waals surface area contributed by atoms with Crippen LogP contribution in [0.3, 0.4) is 0 Å². The molecule has 0 radical (unpaired) electrons. The first-order valence-electron chi connectivity index (χ1n) is 6.16. The molecule has 0 amide bonds. The van der Waals surface area contributed by atoms with Gasteiger partial charge in [0, 0.05) is 18.8 Å². The van der Waals surface area contributed by atoms with Crippen LogP contribution in [0.25, 0.3) is 0 Å². The first-order chi connectivity index (χ1) is 7.84. The molecule has 2 heterocycles. The third kappa shape index (κ3) is 3.58. The van der Waals surface area contributed by atoms with E-state index in [0.717, 1.165) is 12.2 Å². The van der Waals surface area contributed by atoms with E-state index in [1.807, 2.05) is 18.3 Å². The number of likely N-dealkylation sites (tertiary alicyclic amines) is 1. The Balaban J connectivity index is 1.77. The molecule has 0 aromatic carbocycles. The molecule has 1 aliphatic heterocycles. The van der Waals surface area contributed by atoms with Gasteiger partial charge in [0.25, 0.3) is 0 Å². The van der Waals surface area contributed by atoms with Crippen molar-refractivity contribution in [1.82, 2.24) is 15.2 Å². The second-order valence-electron chi connectivity index (χ2n) is 4.63. The largest absolute Gasteiger partial charge is 0.308 e. The number of nitrogens with zero attached hydrogens (tertiary/aromatic N) is 2. The molecule has 1 aliphatic rings. The first kappa shape index (κ1) is 11.6. The summed E-state index contributed by atoms with van der Waals surface area (Å²) in [6.45, 7) is 3.34. The van der Waals surface area contributed by atoms with E-state index >= 15 is 0 Å². The molecule has 1 atom stereocenters. The molecule has 88 valence electrons. The Hall–Kier alpha value is -0.930. The van der Waals surface area contributed by atoms with Crippen molar-refractivity contribution < 1.29 is 0 Å². The number of hydrogen-bond donors (Lipinski definition) is 1. The number of nitrogens with one attached hydrogen (secondary N) is 1. The number of pyridine rings is 1. The highest BCUT2D eigenvalue weighted by Crippen LogP contribution is 2.10. The minimum atomic E-state index is 0.659. The Morgan fingerprint density at radius 3 is 3.12 bits per heavy atom. The molecule has 0 spiro atoms. The van der Waals surface area contributed by atoms with Gasteiger partial charge in [-0.05, 0) is 51.5 Å². The van der Waals surface area contributed by atoms with Crippen molar-refractivity contribution in [2.75, 3.05) is 20.1 Å². The van der Waals surface area contributed by atoms with Gasteiger partial charge in [0.15, 0.2) is 0 Å². The van der Waals surface area contributed by atoms with Gasteiger partial charge in [0.1, 0.15) is 0 Å². The van der Waals surface area contributed by atoms with E-state index < -0.39 is 0 Å². The second kappa shape index (κ2) is 5.97. The summed E-state index contributed by atoms with van der Waals surface area (Å²) in [5, 5.41) is 3.61. The maximum absolute atomic E-state index is 4.33. The van der Waals surface area contributed by atoms with Crippen molar-refractivity contribution in [1.29, 1.82) is 0 Å². The van der Waals surface area contributed by atoms with Gasteiger partial charge < -0.3 is 10.2 Å². The van der Waals surface area contributed by atoms with E-state index in [9.17, 15) is 0 Å². The molecule has 1 saturated heterocycles. The highest BCUT2D eigenvalue weighted by Gasteiger charge is 2.13. The molecule has 1 N–H and O–H groups in total. The van der Waals surface area contributed by atoms with Gasteiger partial charge in [0.05, 0.1) is 5.69 Å². The van der Waals surface area contributed by atoms with E-state index in [4.69, 9.17) is 0 Å². The Morgan fingerprint density at radius 2 is 2.31 bits per heavy atom. The SMILES string of the molecule is CN1CCCC(NCc2ccccn2)CC1. The van der Waals surface area contributed by atoms with Crippen LogP contribution in [0.15, 0.2) is 24.4 Å². The standard InChI is InChI=1S/C13H21N3/c1-16-9-4-6-12(7-10-16)15-11-13-5-2-3-8-14-13/h2-3,5,8,12,15H,4,6-7,9-11H2,1H3. The predicted molar refractivity (Wildman–Crippen MR) is 66.2 cm³/mol. The maximum atomic E-state index is 4.33. The van der Waals surface area contributed by atoms with E-state index in [0.29, 0.717) is 6.04 Å². The third-order valence-corrected chi connectivity index (χ3v) is 3.25. The Kier molecular flexibility index (Phi) is 4.31. The van der Waals surface area contributed by atoms with E-state index in [-0.39, 0.29) is 0 Å². The number of aromatic nitrogens is 1. The Morgan fingerprint density at radius 1 is 1.38 bits per heavy atom. The molecule has 2 rings (SSSR count). The van der Waals surface area contributed by atoms with E-state index in [1.54, 1.807) is 0 Å². The highest BCUT2D eigenvalue weighted by atomic mass is 15.1. The zero-order valence-corrected chi connectivity index (χ0v) is 10.0. The minimum absolute atomic E-state index is 0.659. The molecule has 1 aromatic rings. The van der Waals surface area contributed by atoms with Gasteiger partial charge in [-0.1, -0.05) is 6.07 Å². The molecule has 0 bridgehead atoms. The van der Waals surface area contributed by atoms with Crippen LogP contribution in [-0.4, -0.2) is 36.1 Å². The molecule has 3 heteroatoms. The zero-order chi connectivity index (χ0) is 11.2. The van der Waals surface area contributed by atoms with Gasteiger partial charge in [-0.2, -0.15) is 0 Å². The summed E-state index contributed by atoms with van der Waals surface area (Å²) in [4.78, 5) is 6.75. The average Bonchev–Trinajstić information content (AvgIpc) is 2.53. The second-order valence-corrected chi connectivity index (χ2v) is 4.63. The fraction of sp³-hybridized carbons (Fsp3) is 0.615. The van der Waals surface area contributed by atoms with Crippen LogP contribution in [0.4, 0.5) is 0 Å². The van der Waals surface area contributed by atoms with Crippen LogP contribution >= 0.6 is 0 Å². The van der Waals surface area contributed by atoms with E-state index in [2.05, 4.69) is 28.3 Å². The monoisotopic (exact) mass is 219 g/mol. The summed E-state index contributed by atoms with van der Waals surface area (Å²) in [6.07, 6.45) is 5.70. The Labute approximate surface area is 97.9 Å². The smallest absolute Gasteiger partial charge is 0.0541 e. The van der Waals surface area contributed by atoms with Crippen molar-refractivity contribution in [2.24, 2.45) is 0 Å². The van der Waals surface area contributed by atoms with Crippen LogP contribution < -0.4 is 5.32 Å². The molecule has 0 saturated carbocycles. The van der Waals surface area contributed by atoms with Crippen molar-refractivity contribution in [3.8, 4) is 0 Å². The summed E-state index contributed by atoms with van der Waals surface area (Å²) in [7, 11) is 2.21. The molecule has 0 aliphatic carbocycles. The van der Waals surface area contributed by atoms with Crippen molar-refractivity contribution in [2.45, 2.75) is 31.8 Å². The zero-order valence-electron chi connectivity index (χ0n) is 10.0. The molecular weight excluding hydrogens is 198 g/mol. The summed E-state index contributed by atoms with van der Waals surface area (Å²) in [6, 6.07) is 6.75. The van der Waals surface area contributed by atoms with E-state index in [1.165, 1.54) is 32.4 Å². The summed E-state index contributed by atoms with van der Waals surface area (Å²) in [5.74, 6) is 0. The molecule has 1 fully saturated rings. The van der Waals surface area contributed by atoms with Gasteiger partial charge in [-0.3, -0.25) is 4.98 Å². The van der Waals surface area contributed by atoms with Crippen molar-refractivity contribution >= 4 is 0 Å². The lowest BCUT2D eigenvalue weighted by Crippen LogP contribution is -2.30. The highest BCUT2D eigenvalue weighted by molar-refractivity contribution is 5.03. The quantitative estimate of drug-likeness (QED) is 0.838. The van der Waals surface area contributed by atoms with Crippen LogP contribution in [0.1, 0.15) is 25.0 Å². The fourth-order valence-corrected chi connectivity index (χ4v) is 2.20. The van der Waals surface area contributed by atoms with Crippen LogP contribution in [-0.2, 0) is 6.54 Å². The molecule has 16 heavy (non-hydrogen) atoms. The lowest BCUT2D eigenvalue weighted by molar-refractivity contribution is 0.343. The van der Waals surface area contributed by atoms with Crippen LogP contribution in [0, 0.1) is 0 Å².